The molecule has 39 heavy (non-hydrogen) atoms. The molecular weight excluding hydrogens is 498 g/mol. The Balaban J connectivity index is 1.40. The molecule has 3 amide bonds. The lowest BCUT2D eigenvalue weighted by atomic mass is 9.95. The molecule has 3 aromatic heterocycles. The Morgan fingerprint density at radius 2 is 1.62 bits per heavy atom. The summed E-state index contributed by atoms with van der Waals surface area (Å²) < 4.78 is 8.07. The first-order valence-corrected chi connectivity index (χ1v) is 12.1. The van der Waals surface area contributed by atoms with E-state index in [2.05, 4.69) is 15.6 Å². The van der Waals surface area contributed by atoms with Gasteiger partial charge in [0.05, 0.1) is 23.9 Å². The maximum absolute atomic E-state index is 13.1. The fourth-order valence-electron chi connectivity index (χ4n) is 5.12. The first-order chi connectivity index (χ1) is 18.9. The number of methoxy groups -OCH3 is 1. The van der Waals surface area contributed by atoms with E-state index in [1.165, 1.54) is 13.2 Å². The summed E-state index contributed by atoms with van der Waals surface area (Å²) in [6.07, 6.45) is 5.07. The van der Waals surface area contributed by atoms with Crippen LogP contribution in [0.1, 0.15) is 21.6 Å². The van der Waals surface area contributed by atoms with Crippen molar-refractivity contribution in [2.75, 3.05) is 12.4 Å². The van der Waals surface area contributed by atoms with Gasteiger partial charge in [0.25, 0.3) is 11.8 Å². The molecule has 194 valence electrons. The Kier molecular flexibility index (Phi) is 5.64. The molecular formula is C29H23N5O5. The first kappa shape index (κ1) is 24.0. The number of anilines is 1. The van der Waals surface area contributed by atoms with Crippen molar-refractivity contribution in [2.45, 2.75) is 6.54 Å². The molecule has 5 aromatic rings. The van der Waals surface area contributed by atoms with Crippen molar-refractivity contribution in [3.8, 4) is 0 Å². The summed E-state index contributed by atoms with van der Waals surface area (Å²) in [4.78, 5) is 54.3. The maximum atomic E-state index is 13.1. The van der Waals surface area contributed by atoms with Gasteiger partial charge in [0.2, 0.25) is 5.91 Å². The van der Waals surface area contributed by atoms with E-state index in [-0.39, 0.29) is 23.6 Å². The van der Waals surface area contributed by atoms with Crippen LogP contribution in [0.3, 0.4) is 0 Å². The van der Waals surface area contributed by atoms with Gasteiger partial charge in [0, 0.05) is 58.6 Å². The van der Waals surface area contributed by atoms with E-state index in [4.69, 9.17) is 4.74 Å². The molecule has 0 bridgehead atoms. The van der Waals surface area contributed by atoms with Crippen LogP contribution < -0.4 is 10.6 Å². The summed E-state index contributed by atoms with van der Waals surface area (Å²) in [7, 11) is 2.97. The van der Waals surface area contributed by atoms with E-state index in [1.807, 2.05) is 48.5 Å². The summed E-state index contributed by atoms with van der Waals surface area (Å²) >= 11 is 0. The van der Waals surface area contributed by atoms with E-state index < -0.39 is 17.8 Å². The van der Waals surface area contributed by atoms with E-state index in [9.17, 15) is 19.2 Å². The number of fused-ring (bicyclic) bond motifs is 2. The average Bonchev–Trinajstić information content (AvgIpc) is 3.67. The van der Waals surface area contributed by atoms with E-state index in [0.717, 1.165) is 21.8 Å². The molecule has 2 aromatic carbocycles. The Morgan fingerprint density at radius 1 is 0.923 bits per heavy atom. The lowest BCUT2D eigenvalue weighted by molar-refractivity contribution is -0.123. The van der Waals surface area contributed by atoms with Crippen molar-refractivity contribution < 1.29 is 23.9 Å². The van der Waals surface area contributed by atoms with Crippen molar-refractivity contribution in [1.29, 1.82) is 0 Å². The van der Waals surface area contributed by atoms with Crippen LogP contribution in [0, 0.1) is 0 Å². The second kappa shape index (κ2) is 9.18. The number of aromatic amines is 1. The number of carbonyl (C=O) groups is 4. The zero-order chi connectivity index (χ0) is 27.3. The number of rotatable bonds is 6. The largest absolute Gasteiger partial charge is 0.464 e. The normalized spacial score (nSPS) is 13.4. The van der Waals surface area contributed by atoms with Gasteiger partial charge in [0.1, 0.15) is 12.2 Å². The summed E-state index contributed by atoms with van der Waals surface area (Å²) in [6.45, 7) is -0.0613. The van der Waals surface area contributed by atoms with Crippen molar-refractivity contribution in [1.82, 2.24) is 19.4 Å². The topological polar surface area (TPSA) is 127 Å². The number of aromatic nitrogens is 3. The first-order valence-electron chi connectivity index (χ1n) is 12.1. The van der Waals surface area contributed by atoms with Gasteiger partial charge in [-0.25, -0.2) is 4.79 Å². The molecule has 6 rings (SSSR count). The second-order valence-corrected chi connectivity index (χ2v) is 9.23. The highest BCUT2D eigenvalue weighted by Crippen LogP contribution is 2.38. The third-order valence-corrected chi connectivity index (χ3v) is 6.84. The van der Waals surface area contributed by atoms with Crippen molar-refractivity contribution in [2.24, 2.45) is 7.05 Å². The zero-order valence-electron chi connectivity index (χ0n) is 21.1. The van der Waals surface area contributed by atoms with Gasteiger partial charge in [-0.15, -0.1) is 0 Å². The number of imide groups is 1. The van der Waals surface area contributed by atoms with Gasteiger partial charge >= 0.3 is 5.97 Å². The third-order valence-electron chi connectivity index (χ3n) is 6.84. The average molecular weight is 522 g/mol. The molecule has 0 unspecified atom stereocenters. The smallest absolute Gasteiger partial charge is 0.354 e. The van der Waals surface area contributed by atoms with Crippen LogP contribution in [-0.4, -0.2) is 44.9 Å². The molecule has 0 atom stereocenters. The van der Waals surface area contributed by atoms with Crippen molar-refractivity contribution >= 4 is 62.3 Å². The summed E-state index contributed by atoms with van der Waals surface area (Å²) in [5.41, 5.74) is 4.04. The molecule has 10 nitrogen and oxygen atoms in total. The summed E-state index contributed by atoms with van der Waals surface area (Å²) in [5, 5.41) is 6.80. The van der Waals surface area contributed by atoms with Crippen LogP contribution in [0.5, 0.6) is 0 Å². The minimum atomic E-state index is -0.511. The van der Waals surface area contributed by atoms with Gasteiger partial charge in [-0.1, -0.05) is 36.4 Å². The van der Waals surface area contributed by atoms with E-state index in [1.54, 1.807) is 34.8 Å². The van der Waals surface area contributed by atoms with Crippen LogP contribution >= 0.6 is 0 Å². The van der Waals surface area contributed by atoms with Gasteiger partial charge in [-0.3, -0.25) is 19.7 Å². The van der Waals surface area contributed by atoms with Gasteiger partial charge in [-0.2, -0.15) is 0 Å². The van der Waals surface area contributed by atoms with Crippen molar-refractivity contribution in [3.05, 3.63) is 90.0 Å². The predicted molar refractivity (Wildman–Crippen MR) is 146 cm³/mol. The number of hydrogen-bond donors (Lipinski definition) is 3. The van der Waals surface area contributed by atoms with Crippen LogP contribution in [-0.2, 0) is 32.7 Å². The SMILES string of the molecule is COC(=O)c1cc(NC(=O)Cn2cc(C3=C(c4c[nH]c5ccccc45)C(=O)NC3=O)c3ccccc32)cn1C. The molecule has 0 saturated carbocycles. The molecule has 0 spiro atoms. The van der Waals surface area contributed by atoms with Crippen LogP contribution in [0.4, 0.5) is 5.69 Å². The molecule has 10 heteroatoms. The van der Waals surface area contributed by atoms with E-state index >= 15 is 0 Å². The highest BCUT2D eigenvalue weighted by atomic mass is 16.5. The number of H-pyrrole nitrogens is 1. The number of esters is 1. The predicted octanol–water partition coefficient (Wildman–Crippen LogP) is 3.45. The maximum Gasteiger partial charge on any atom is 0.354 e. The number of para-hydroxylation sites is 2. The number of amides is 3. The number of ether oxygens (including phenoxy) is 1. The number of benzene rings is 2. The molecule has 0 fully saturated rings. The van der Waals surface area contributed by atoms with Crippen LogP contribution in [0.25, 0.3) is 33.0 Å². The highest BCUT2D eigenvalue weighted by molar-refractivity contribution is 6.50. The second-order valence-electron chi connectivity index (χ2n) is 9.23. The molecule has 0 saturated heterocycles. The summed E-state index contributed by atoms with van der Waals surface area (Å²) in [6, 6.07) is 16.5. The lowest BCUT2D eigenvalue weighted by Gasteiger charge is -2.06. The molecule has 0 aliphatic carbocycles. The fraction of sp³-hybridized carbons (Fsp3) is 0.103. The molecule has 3 N–H and O–H groups in total. The molecule has 1 aliphatic heterocycles. The quantitative estimate of drug-likeness (QED) is 0.233. The van der Waals surface area contributed by atoms with Crippen LogP contribution in [0.2, 0.25) is 0 Å². The number of nitrogens with one attached hydrogen (secondary N) is 3. The monoisotopic (exact) mass is 521 g/mol. The van der Waals surface area contributed by atoms with Gasteiger partial charge in [0.15, 0.2) is 0 Å². The minimum absolute atomic E-state index is 0.0613. The Labute approximate surface area is 221 Å². The standard InChI is InChI=1S/C29H23N5O5/c1-33-13-16(11-23(33)29(38)39-2)31-24(35)15-34-14-20(18-8-4-6-10-22(18)34)26-25(27(36)32-28(26)37)19-12-30-21-9-5-3-7-17(19)21/h3-14,30H,15H2,1-2H3,(H,31,35)(H,32,36,37). The van der Waals surface area contributed by atoms with Crippen LogP contribution in [0.15, 0.2) is 73.2 Å². The minimum Gasteiger partial charge on any atom is -0.464 e. The Hall–Kier alpha value is -5.38. The third kappa shape index (κ3) is 3.98. The van der Waals surface area contributed by atoms with Gasteiger partial charge < -0.3 is 24.2 Å². The molecule has 4 heterocycles. The molecule has 0 radical (unpaired) electrons. The number of nitrogens with zero attached hydrogens (tertiary/aromatic N) is 2. The van der Waals surface area contributed by atoms with E-state index in [0.29, 0.717) is 22.5 Å². The number of hydrogen-bond acceptors (Lipinski definition) is 5. The number of aryl methyl sites for hydroxylation is 1. The fourth-order valence-corrected chi connectivity index (χ4v) is 5.12. The molecule has 1 aliphatic rings. The Morgan fingerprint density at radius 3 is 2.38 bits per heavy atom. The number of carbonyl (C=O) groups excluding carboxylic acids is 4. The summed E-state index contributed by atoms with van der Waals surface area (Å²) in [5.74, 6) is -1.81. The lowest BCUT2D eigenvalue weighted by Crippen LogP contribution is -2.22. The van der Waals surface area contributed by atoms with Crippen molar-refractivity contribution in [3.63, 3.8) is 0 Å². The zero-order valence-corrected chi connectivity index (χ0v) is 21.1. The highest BCUT2D eigenvalue weighted by Gasteiger charge is 2.35. The van der Waals surface area contributed by atoms with Gasteiger partial charge in [-0.05, 0) is 18.2 Å². The Bertz CT molecular complexity index is 1870.